The van der Waals surface area contributed by atoms with Gasteiger partial charge in [-0.05, 0) is 41.8 Å². The maximum Gasteiger partial charge on any atom is 3.00 e. The van der Waals surface area contributed by atoms with Gasteiger partial charge < -0.3 is 24.2 Å². The van der Waals surface area contributed by atoms with Crippen LogP contribution in [0.4, 0.5) is 11.4 Å². The van der Waals surface area contributed by atoms with E-state index in [2.05, 4.69) is 125 Å². The molecule has 0 aromatic heterocycles. The van der Waals surface area contributed by atoms with Crippen LogP contribution in [0, 0.1) is 60.1 Å². The molecule has 0 amide bonds. The summed E-state index contributed by atoms with van der Waals surface area (Å²) in [4.78, 5) is 5.05. The Bertz CT molecular complexity index is 1710. The first kappa shape index (κ1) is 50.7. The van der Waals surface area contributed by atoms with Gasteiger partial charge in [-0.3, -0.25) is 0 Å². The molecule has 0 saturated heterocycles. The molecule has 291 valence electrons. The number of rotatable bonds is 9. The van der Waals surface area contributed by atoms with E-state index in [-0.39, 0.29) is 46.3 Å². The Hall–Kier alpha value is -1.28. The molecule has 4 aromatic rings. The summed E-state index contributed by atoms with van der Waals surface area (Å²) < 4.78 is 24.7. The molecule has 0 bridgehead atoms. The average molecular weight is 945 g/mol. The third-order valence-corrected chi connectivity index (χ3v) is 21.2. The standard InChI is InChI=1S/C31H32N2OP.2C6H18NSi2.Nd/c1-23-15-14-16-24(2)29(23)33-30(31(3,4)5)32-27-21-12-13-22-28(27)35(34,25-17-8-6-9-18-25)26-19-10-7-11-20-26;2*1-8(2,3)7-9(4,5)6;/h6-22H,1-5H3;2*1-6H3;/q3*-1;+3. The van der Waals surface area contributed by atoms with Gasteiger partial charge in [-0.25, -0.2) is 0 Å². The molecule has 0 fully saturated rings. The number of benzene rings is 4. The molecule has 11 heteroatoms. The quantitative estimate of drug-likeness (QED) is 0.0713. The summed E-state index contributed by atoms with van der Waals surface area (Å²) >= 11 is 0. The van der Waals surface area contributed by atoms with E-state index in [1.807, 2.05) is 91.0 Å². The van der Waals surface area contributed by atoms with Crippen molar-refractivity contribution in [1.29, 1.82) is 0 Å². The largest absolute Gasteiger partial charge is 3.00 e. The van der Waals surface area contributed by atoms with Crippen LogP contribution < -0.4 is 15.9 Å². The molecule has 5 nitrogen and oxygen atoms in total. The summed E-state index contributed by atoms with van der Waals surface area (Å²) in [7, 11) is -7.60. The number of amidine groups is 1. The van der Waals surface area contributed by atoms with Crippen molar-refractivity contribution in [3.05, 3.63) is 129 Å². The number of hydrogen-bond donors (Lipinski definition) is 0. The van der Waals surface area contributed by atoms with E-state index >= 15 is 4.57 Å². The molecule has 0 saturated carbocycles. The molecule has 0 aliphatic heterocycles. The first-order valence-electron chi connectivity index (χ1n) is 18.8. The van der Waals surface area contributed by atoms with Crippen LogP contribution in [0.1, 0.15) is 31.9 Å². The van der Waals surface area contributed by atoms with Gasteiger partial charge in [-0.1, -0.05) is 241 Å². The predicted molar refractivity (Wildman–Crippen MR) is 251 cm³/mol. The molecule has 0 heterocycles. The zero-order valence-electron chi connectivity index (χ0n) is 36.5. The Balaban J connectivity index is 0.000000636. The van der Waals surface area contributed by atoms with Crippen molar-refractivity contribution >= 4 is 73.2 Å². The van der Waals surface area contributed by atoms with E-state index in [1.165, 1.54) is 0 Å². The van der Waals surface area contributed by atoms with Crippen LogP contribution in [-0.2, 0) is 4.57 Å². The Morgan fingerprint density at radius 1 is 0.537 bits per heavy atom. The van der Waals surface area contributed by atoms with Gasteiger partial charge in [-0.2, -0.15) is 0 Å². The molecular formula is C43H68N4NdOPSi4. The fraction of sp³-hybridized carbons (Fsp3) is 0.419. The van der Waals surface area contributed by atoms with Gasteiger partial charge >= 0.3 is 40.8 Å². The Morgan fingerprint density at radius 3 is 1.22 bits per heavy atom. The van der Waals surface area contributed by atoms with Crippen molar-refractivity contribution in [3.63, 3.8) is 0 Å². The van der Waals surface area contributed by atoms with Crippen molar-refractivity contribution in [1.82, 2.24) is 0 Å². The van der Waals surface area contributed by atoms with Crippen molar-refractivity contribution < 1.29 is 45.4 Å². The fourth-order valence-corrected chi connectivity index (χ4v) is 25.0. The third-order valence-electron chi connectivity index (χ3n) is 7.36. The van der Waals surface area contributed by atoms with Crippen LogP contribution in [0.2, 0.25) is 78.6 Å². The smallest absolute Gasteiger partial charge is 0.668 e. The topological polar surface area (TPSA) is 71.7 Å². The second kappa shape index (κ2) is 20.9. The maximum absolute atomic E-state index is 15.0. The van der Waals surface area contributed by atoms with E-state index in [0.29, 0.717) is 11.5 Å². The van der Waals surface area contributed by atoms with Crippen LogP contribution >= 0.6 is 7.14 Å². The molecule has 0 atom stereocenters. The monoisotopic (exact) mass is 941 g/mol. The van der Waals surface area contributed by atoms with Crippen molar-refractivity contribution in [2.24, 2.45) is 10.4 Å². The van der Waals surface area contributed by atoms with Gasteiger partial charge in [-0.15, -0.1) is 0 Å². The second-order valence-electron chi connectivity index (χ2n) is 18.7. The number of aryl methyl sites for hydroxylation is 2. The molecular weight excluding hydrogens is 876 g/mol. The van der Waals surface area contributed by atoms with Gasteiger partial charge in [0.25, 0.3) is 0 Å². The fourth-order valence-electron chi connectivity index (χ4n) is 6.10. The van der Waals surface area contributed by atoms with Gasteiger partial charge in [0.2, 0.25) is 0 Å². The SMILES string of the molecule is C[Si](C)(C)[N-][Si](C)(C)C.C[Si](C)(C)[N-][Si](C)(C)C.Cc1cccc(C)c1N=C([N-]c1ccccc1P(=O)(c1ccccc1)c1ccccc1)C(C)(C)C.[Nd+3]. The summed E-state index contributed by atoms with van der Waals surface area (Å²) in [6.45, 7) is 38.0. The normalized spacial score (nSPS) is 12.7. The molecule has 0 N–H and O–H groups in total. The van der Waals surface area contributed by atoms with Crippen LogP contribution in [-0.4, -0.2) is 38.8 Å². The minimum atomic E-state index is -3.17. The van der Waals surface area contributed by atoms with Gasteiger partial charge in [0.05, 0.1) is 0 Å². The molecule has 1 radical (unpaired) electrons. The second-order valence-corrected chi connectivity index (χ2v) is 40.6. The third kappa shape index (κ3) is 17.9. The molecule has 4 rings (SSSR count). The molecule has 54 heavy (non-hydrogen) atoms. The molecule has 0 aliphatic rings. The summed E-state index contributed by atoms with van der Waals surface area (Å²) in [5, 5.41) is 7.40. The molecule has 0 aliphatic carbocycles. The number of aliphatic imine (C=N–C) groups is 1. The van der Waals surface area contributed by atoms with E-state index in [1.54, 1.807) is 0 Å². The summed E-state index contributed by atoms with van der Waals surface area (Å²) in [6, 6.07) is 33.4. The zero-order chi connectivity index (χ0) is 40.5. The van der Waals surface area contributed by atoms with Crippen molar-refractivity contribution in [3.8, 4) is 0 Å². The van der Waals surface area contributed by atoms with Crippen molar-refractivity contribution in [2.75, 3.05) is 0 Å². The van der Waals surface area contributed by atoms with Crippen LogP contribution in [0.15, 0.2) is 108 Å². The molecule has 0 unspecified atom stereocenters. The average Bonchev–Trinajstić information content (AvgIpc) is 2.99. The van der Waals surface area contributed by atoms with E-state index in [4.69, 9.17) is 19.6 Å². The van der Waals surface area contributed by atoms with E-state index in [9.17, 15) is 0 Å². The Morgan fingerprint density at radius 2 is 0.889 bits per heavy atom. The summed E-state index contributed by atoms with van der Waals surface area (Å²) in [5.74, 6) is 0.704. The van der Waals surface area contributed by atoms with E-state index < -0.39 is 40.1 Å². The summed E-state index contributed by atoms with van der Waals surface area (Å²) in [5.41, 5.74) is 3.52. The number of nitrogens with zero attached hydrogens (tertiary/aromatic N) is 4. The maximum atomic E-state index is 15.0. The van der Waals surface area contributed by atoms with Crippen LogP contribution in [0.3, 0.4) is 0 Å². The van der Waals surface area contributed by atoms with Gasteiger partial charge in [0.15, 0.2) is 7.14 Å². The minimum absolute atomic E-state index is 0. The Kier molecular flexibility index (Phi) is 19.7. The zero-order valence-corrected chi connectivity index (χ0v) is 44.6. The van der Waals surface area contributed by atoms with E-state index in [0.717, 1.165) is 32.7 Å². The Labute approximate surface area is 367 Å². The minimum Gasteiger partial charge on any atom is -0.668 e. The molecule has 0 spiro atoms. The van der Waals surface area contributed by atoms with Gasteiger partial charge in [0.1, 0.15) is 0 Å². The summed E-state index contributed by atoms with van der Waals surface area (Å²) in [6.07, 6.45) is 0. The van der Waals surface area contributed by atoms with Crippen molar-refractivity contribution in [2.45, 2.75) is 113 Å². The number of para-hydroxylation sites is 2. The predicted octanol–water partition coefficient (Wildman–Crippen LogP) is 13.8. The van der Waals surface area contributed by atoms with Gasteiger partial charge in [0, 0.05) is 15.9 Å². The molecule has 4 aromatic carbocycles. The first-order valence-corrected chi connectivity index (χ1v) is 34.3. The number of hydrogen-bond acceptors (Lipinski definition) is 2. The first-order chi connectivity index (χ1) is 24.1. The van der Waals surface area contributed by atoms with Crippen LogP contribution in [0.5, 0.6) is 0 Å². The van der Waals surface area contributed by atoms with Crippen LogP contribution in [0.25, 0.3) is 14.6 Å².